The van der Waals surface area contributed by atoms with E-state index in [9.17, 15) is 4.79 Å². The standard InChI is InChI=1S/C28H35N3O2S/c1-20-24(28(32)30-15-7-4-8-16-30)17-26(31(20)18-21-9-5-3-6-10-21)25-19-34-27(29-25)22-11-13-23(33-2)14-12-22/h11-14,17,19,21H,3-10,15-16,18H2,1-2H3. The van der Waals surface area contributed by atoms with Gasteiger partial charge in [0.2, 0.25) is 0 Å². The first-order valence-corrected chi connectivity index (χ1v) is 13.6. The fourth-order valence-corrected chi connectivity index (χ4v) is 6.28. The molecule has 2 aliphatic rings. The van der Waals surface area contributed by atoms with Crippen molar-refractivity contribution in [2.75, 3.05) is 20.2 Å². The first-order valence-electron chi connectivity index (χ1n) is 12.7. The van der Waals surface area contributed by atoms with E-state index in [0.717, 1.165) is 71.4 Å². The zero-order chi connectivity index (χ0) is 23.5. The van der Waals surface area contributed by atoms with E-state index in [1.54, 1.807) is 18.4 Å². The Morgan fingerprint density at radius 2 is 1.76 bits per heavy atom. The monoisotopic (exact) mass is 477 g/mol. The van der Waals surface area contributed by atoms with Gasteiger partial charge in [-0.25, -0.2) is 4.98 Å². The van der Waals surface area contributed by atoms with Crippen molar-refractivity contribution in [3.05, 3.63) is 47.0 Å². The van der Waals surface area contributed by atoms with Gasteiger partial charge >= 0.3 is 0 Å². The number of methoxy groups -OCH3 is 1. The second kappa shape index (κ2) is 10.3. The molecule has 2 aromatic heterocycles. The number of piperidine rings is 1. The first-order chi connectivity index (χ1) is 16.6. The number of aromatic nitrogens is 2. The van der Waals surface area contributed by atoms with Crippen LogP contribution < -0.4 is 4.74 Å². The third kappa shape index (κ3) is 4.78. The normalized spacial score (nSPS) is 17.2. The van der Waals surface area contributed by atoms with Gasteiger partial charge in [0.25, 0.3) is 5.91 Å². The van der Waals surface area contributed by atoms with E-state index in [0.29, 0.717) is 5.92 Å². The first kappa shape index (κ1) is 23.2. The number of nitrogens with zero attached hydrogens (tertiary/aromatic N) is 3. The Kier molecular flexibility index (Phi) is 7.05. The predicted octanol–water partition coefficient (Wildman–Crippen LogP) is 6.80. The zero-order valence-corrected chi connectivity index (χ0v) is 21.2. The molecule has 1 aromatic carbocycles. The molecule has 0 radical (unpaired) electrons. The quantitative estimate of drug-likeness (QED) is 0.392. The molecular formula is C28H35N3O2S. The minimum atomic E-state index is 0.187. The van der Waals surface area contributed by atoms with Gasteiger partial charge in [-0.3, -0.25) is 4.79 Å². The maximum Gasteiger partial charge on any atom is 0.255 e. The SMILES string of the molecule is COc1ccc(-c2nc(-c3cc(C(=O)N4CCCCC4)c(C)n3CC3CCCCC3)cs2)cc1. The van der Waals surface area contributed by atoms with Crippen LogP contribution in [0.4, 0.5) is 0 Å². The molecule has 180 valence electrons. The average Bonchev–Trinajstić information content (AvgIpc) is 3.50. The van der Waals surface area contributed by atoms with Crippen LogP contribution in [0.5, 0.6) is 5.75 Å². The van der Waals surface area contributed by atoms with Crippen LogP contribution in [0.15, 0.2) is 35.7 Å². The number of benzene rings is 1. The summed E-state index contributed by atoms with van der Waals surface area (Å²) >= 11 is 1.66. The van der Waals surface area contributed by atoms with Gasteiger partial charge in [0.1, 0.15) is 10.8 Å². The van der Waals surface area contributed by atoms with Gasteiger partial charge in [0, 0.05) is 36.3 Å². The summed E-state index contributed by atoms with van der Waals surface area (Å²) in [5, 5.41) is 3.13. The van der Waals surface area contributed by atoms with Crippen LogP contribution in [-0.2, 0) is 6.54 Å². The Labute approximate surface area is 206 Å². The van der Waals surface area contributed by atoms with Crippen molar-refractivity contribution in [3.8, 4) is 27.7 Å². The average molecular weight is 478 g/mol. The number of rotatable bonds is 6. The van der Waals surface area contributed by atoms with E-state index in [2.05, 4.69) is 35.1 Å². The third-order valence-corrected chi connectivity index (χ3v) is 8.40. The zero-order valence-electron chi connectivity index (χ0n) is 20.4. The molecule has 1 amide bonds. The Bertz CT molecular complexity index is 1120. The summed E-state index contributed by atoms with van der Waals surface area (Å²) in [6.07, 6.45) is 9.99. The number of ether oxygens (including phenoxy) is 1. The van der Waals surface area contributed by atoms with Crippen molar-refractivity contribution < 1.29 is 9.53 Å². The molecule has 5 rings (SSSR count). The smallest absolute Gasteiger partial charge is 0.255 e. The molecule has 0 unspecified atom stereocenters. The van der Waals surface area contributed by atoms with E-state index in [4.69, 9.17) is 9.72 Å². The topological polar surface area (TPSA) is 47.4 Å². The van der Waals surface area contributed by atoms with E-state index < -0.39 is 0 Å². The predicted molar refractivity (Wildman–Crippen MR) is 139 cm³/mol. The molecule has 1 saturated carbocycles. The fraction of sp³-hybridized carbons (Fsp3) is 0.500. The summed E-state index contributed by atoms with van der Waals surface area (Å²) < 4.78 is 7.69. The molecular weight excluding hydrogens is 442 g/mol. The third-order valence-electron chi connectivity index (χ3n) is 7.51. The lowest BCUT2D eigenvalue weighted by Crippen LogP contribution is -2.35. The summed E-state index contributed by atoms with van der Waals surface area (Å²) in [7, 11) is 1.68. The summed E-state index contributed by atoms with van der Waals surface area (Å²) in [6, 6.07) is 10.2. The van der Waals surface area contributed by atoms with Gasteiger partial charge in [-0.2, -0.15) is 0 Å². The van der Waals surface area contributed by atoms with E-state index in [1.807, 2.05) is 17.0 Å². The largest absolute Gasteiger partial charge is 0.497 e. The van der Waals surface area contributed by atoms with Gasteiger partial charge in [-0.1, -0.05) is 19.3 Å². The number of carbonyl (C=O) groups is 1. The summed E-state index contributed by atoms with van der Waals surface area (Å²) in [5.41, 5.74) is 5.08. The van der Waals surface area contributed by atoms with Gasteiger partial charge in [0.15, 0.2) is 0 Å². The fourth-order valence-electron chi connectivity index (χ4n) is 5.46. The second-order valence-electron chi connectivity index (χ2n) is 9.76. The number of amides is 1. The van der Waals surface area contributed by atoms with Crippen LogP contribution >= 0.6 is 11.3 Å². The van der Waals surface area contributed by atoms with Crippen molar-refractivity contribution in [3.63, 3.8) is 0 Å². The number of thiazole rings is 1. The van der Waals surface area contributed by atoms with Gasteiger partial charge in [0.05, 0.1) is 24.1 Å². The Morgan fingerprint density at radius 1 is 1.06 bits per heavy atom. The highest BCUT2D eigenvalue weighted by atomic mass is 32.1. The minimum Gasteiger partial charge on any atom is -0.497 e. The lowest BCUT2D eigenvalue weighted by atomic mass is 9.89. The van der Waals surface area contributed by atoms with E-state index >= 15 is 0 Å². The van der Waals surface area contributed by atoms with Gasteiger partial charge in [-0.05, 0) is 75.3 Å². The number of likely N-dealkylation sites (tertiary alicyclic amines) is 1. The molecule has 34 heavy (non-hydrogen) atoms. The molecule has 6 heteroatoms. The van der Waals surface area contributed by atoms with Crippen LogP contribution in [0.3, 0.4) is 0 Å². The second-order valence-corrected chi connectivity index (χ2v) is 10.6. The Hall–Kier alpha value is -2.60. The molecule has 0 spiro atoms. The van der Waals surface area contributed by atoms with Crippen LogP contribution in [0, 0.1) is 12.8 Å². The molecule has 3 heterocycles. The molecule has 5 nitrogen and oxygen atoms in total. The molecule has 2 fully saturated rings. The van der Waals surface area contributed by atoms with Crippen LogP contribution in [0.2, 0.25) is 0 Å². The highest BCUT2D eigenvalue weighted by Gasteiger charge is 2.26. The summed E-state index contributed by atoms with van der Waals surface area (Å²) in [4.78, 5) is 20.5. The van der Waals surface area contributed by atoms with Crippen LogP contribution in [-0.4, -0.2) is 40.6 Å². The lowest BCUT2D eigenvalue weighted by molar-refractivity contribution is 0.0723. The van der Waals surface area contributed by atoms with Gasteiger partial charge in [-0.15, -0.1) is 11.3 Å². The number of carbonyl (C=O) groups excluding carboxylic acids is 1. The molecule has 0 N–H and O–H groups in total. The van der Waals surface area contributed by atoms with Crippen molar-refractivity contribution in [1.29, 1.82) is 0 Å². The highest BCUT2D eigenvalue weighted by Crippen LogP contribution is 2.35. The lowest BCUT2D eigenvalue weighted by Gasteiger charge is -2.27. The van der Waals surface area contributed by atoms with E-state index in [1.165, 1.54) is 38.5 Å². The van der Waals surface area contributed by atoms with E-state index in [-0.39, 0.29) is 5.91 Å². The molecule has 0 atom stereocenters. The molecule has 1 saturated heterocycles. The minimum absolute atomic E-state index is 0.187. The van der Waals surface area contributed by atoms with Crippen LogP contribution in [0.1, 0.15) is 67.4 Å². The Balaban J connectivity index is 1.49. The van der Waals surface area contributed by atoms with Gasteiger partial charge < -0.3 is 14.2 Å². The summed E-state index contributed by atoms with van der Waals surface area (Å²) in [5.74, 6) is 1.71. The van der Waals surface area contributed by atoms with Crippen molar-refractivity contribution >= 4 is 17.2 Å². The maximum atomic E-state index is 13.5. The Morgan fingerprint density at radius 3 is 2.47 bits per heavy atom. The molecule has 1 aliphatic heterocycles. The van der Waals surface area contributed by atoms with Crippen molar-refractivity contribution in [1.82, 2.24) is 14.5 Å². The van der Waals surface area contributed by atoms with Crippen molar-refractivity contribution in [2.24, 2.45) is 5.92 Å². The van der Waals surface area contributed by atoms with Crippen LogP contribution in [0.25, 0.3) is 22.0 Å². The number of hydrogen-bond donors (Lipinski definition) is 0. The maximum absolute atomic E-state index is 13.5. The molecule has 3 aromatic rings. The molecule has 0 bridgehead atoms. The molecule has 1 aliphatic carbocycles. The van der Waals surface area contributed by atoms with Crippen molar-refractivity contribution in [2.45, 2.75) is 64.8 Å². The number of hydrogen-bond acceptors (Lipinski definition) is 4. The summed E-state index contributed by atoms with van der Waals surface area (Å²) in [6.45, 7) is 4.85. The highest BCUT2D eigenvalue weighted by molar-refractivity contribution is 7.13.